The van der Waals surface area contributed by atoms with Gasteiger partial charge in [-0.15, -0.1) is 0 Å². The molecule has 0 radical (unpaired) electrons. The van der Waals surface area contributed by atoms with Gasteiger partial charge in [0.2, 0.25) is 5.95 Å². The maximum absolute atomic E-state index is 6.55. The fourth-order valence-corrected chi connectivity index (χ4v) is 5.19. The minimum Gasteiger partial charge on any atom is -0.488 e. The van der Waals surface area contributed by atoms with Crippen molar-refractivity contribution >= 4 is 28.4 Å². The summed E-state index contributed by atoms with van der Waals surface area (Å²) in [5.41, 5.74) is 3.86. The van der Waals surface area contributed by atoms with Gasteiger partial charge in [-0.05, 0) is 31.7 Å². The number of nitrogens with zero attached hydrogens (tertiary/aromatic N) is 6. The molecule has 0 bridgehead atoms. The van der Waals surface area contributed by atoms with Gasteiger partial charge in [-0.3, -0.25) is 4.98 Å². The Labute approximate surface area is 211 Å². The van der Waals surface area contributed by atoms with E-state index in [0.717, 1.165) is 106 Å². The summed E-state index contributed by atoms with van der Waals surface area (Å²) in [6.07, 6.45) is 11.4. The highest BCUT2D eigenvalue weighted by atomic mass is 16.5. The molecule has 10 heteroatoms. The van der Waals surface area contributed by atoms with Crippen LogP contribution in [-0.4, -0.2) is 84.7 Å². The van der Waals surface area contributed by atoms with E-state index < -0.39 is 0 Å². The maximum Gasteiger partial charge on any atom is 0.222 e. The summed E-state index contributed by atoms with van der Waals surface area (Å²) in [7, 11) is 0. The first-order valence-corrected chi connectivity index (χ1v) is 13.0. The van der Waals surface area contributed by atoms with Crippen LogP contribution in [0.25, 0.3) is 11.0 Å². The number of benzene rings is 1. The number of ether oxygens (including phenoxy) is 3. The van der Waals surface area contributed by atoms with E-state index in [1.165, 1.54) is 0 Å². The lowest BCUT2D eigenvalue weighted by molar-refractivity contribution is 0.122. The SMILES string of the molecule is c1cnc2c(O[C@H]3CC[C@@H](Nc4ncc(N5CCOCC5)cn4)CC3)cc(N3CCOCC3)cc2n1. The number of aromatic nitrogens is 4. The van der Waals surface area contributed by atoms with Crippen LogP contribution in [0.5, 0.6) is 5.75 Å². The van der Waals surface area contributed by atoms with Crippen molar-refractivity contribution < 1.29 is 14.2 Å². The van der Waals surface area contributed by atoms with E-state index in [9.17, 15) is 0 Å². The number of rotatable bonds is 6. The van der Waals surface area contributed by atoms with E-state index in [0.29, 0.717) is 12.0 Å². The van der Waals surface area contributed by atoms with Crippen LogP contribution in [0.3, 0.4) is 0 Å². The minimum absolute atomic E-state index is 0.151. The molecule has 0 amide bonds. The summed E-state index contributed by atoms with van der Waals surface area (Å²) in [5.74, 6) is 1.51. The van der Waals surface area contributed by atoms with Crippen molar-refractivity contribution in [1.82, 2.24) is 19.9 Å². The topological polar surface area (TPSA) is 97.8 Å². The van der Waals surface area contributed by atoms with Crippen molar-refractivity contribution in [3.63, 3.8) is 0 Å². The third kappa shape index (κ3) is 5.29. The van der Waals surface area contributed by atoms with Crippen LogP contribution in [0.1, 0.15) is 25.7 Å². The van der Waals surface area contributed by atoms with Gasteiger partial charge in [0, 0.05) is 56.4 Å². The molecule has 6 rings (SSSR count). The number of morpholine rings is 2. The van der Waals surface area contributed by atoms with Gasteiger partial charge in [-0.2, -0.15) is 0 Å². The number of hydrogen-bond donors (Lipinski definition) is 1. The van der Waals surface area contributed by atoms with Crippen molar-refractivity contribution in [3.8, 4) is 5.75 Å². The number of hydrogen-bond acceptors (Lipinski definition) is 10. The second-order valence-corrected chi connectivity index (χ2v) is 9.57. The Kier molecular flexibility index (Phi) is 6.95. The first kappa shape index (κ1) is 23.2. The highest BCUT2D eigenvalue weighted by Crippen LogP contribution is 2.33. The summed E-state index contributed by atoms with van der Waals surface area (Å²) in [5, 5.41) is 3.52. The predicted molar refractivity (Wildman–Crippen MR) is 138 cm³/mol. The Morgan fingerprint density at radius 2 is 1.39 bits per heavy atom. The Morgan fingerprint density at radius 1 is 0.750 bits per heavy atom. The van der Waals surface area contributed by atoms with Gasteiger partial charge >= 0.3 is 0 Å². The monoisotopic (exact) mass is 491 g/mol. The second kappa shape index (κ2) is 10.8. The molecule has 1 aromatic carbocycles. The molecule has 3 fully saturated rings. The number of fused-ring (bicyclic) bond motifs is 1. The molecule has 3 aromatic rings. The summed E-state index contributed by atoms with van der Waals surface area (Å²) in [6, 6.07) is 4.57. The molecule has 0 spiro atoms. The van der Waals surface area contributed by atoms with Crippen LogP contribution in [0.15, 0.2) is 36.9 Å². The van der Waals surface area contributed by atoms with Gasteiger partial charge in [0.05, 0.1) is 56.1 Å². The first-order valence-electron chi connectivity index (χ1n) is 13.0. The Balaban J connectivity index is 1.07. The Bertz CT molecular complexity index is 1140. The molecule has 2 aliphatic heterocycles. The molecule has 3 aliphatic rings. The van der Waals surface area contributed by atoms with E-state index in [1.807, 2.05) is 12.4 Å². The molecule has 2 aromatic heterocycles. The molecular weight excluding hydrogens is 458 g/mol. The fraction of sp³-hybridized carbons (Fsp3) is 0.538. The summed E-state index contributed by atoms with van der Waals surface area (Å²) < 4.78 is 17.5. The number of nitrogens with one attached hydrogen (secondary N) is 1. The van der Waals surface area contributed by atoms with Gasteiger partial charge in [0.1, 0.15) is 11.3 Å². The molecule has 1 N–H and O–H groups in total. The highest BCUT2D eigenvalue weighted by Gasteiger charge is 2.25. The zero-order chi connectivity index (χ0) is 24.2. The average molecular weight is 492 g/mol. The van der Waals surface area contributed by atoms with E-state index in [4.69, 9.17) is 14.2 Å². The lowest BCUT2D eigenvalue weighted by atomic mass is 9.93. The first-order chi connectivity index (χ1) is 17.8. The van der Waals surface area contributed by atoms with Gasteiger partial charge in [0.25, 0.3) is 0 Å². The van der Waals surface area contributed by atoms with Crippen LogP contribution >= 0.6 is 0 Å². The van der Waals surface area contributed by atoms with Crippen LogP contribution in [0.4, 0.5) is 17.3 Å². The molecule has 36 heavy (non-hydrogen) atoms. The van der Waals surface area contributed by atoms with Crippen LogP contribution in [0.2, 0.25) is 0 Å². The average Bonchev–Trinajstić information content (AvgIpc) is 2.95. The molecule has 1 aliphatic carbocycles. The van der Waals surface area contributed by atoms with Crippen molar-refractivity contribution in [3.05, 3.63) is 36.9 Å². The third-order valence-electron chi connectivity index (χ3n) is 7.22. The lowest BCUT2D eigenvalue weighted by Crippen LogP contribution is -2.36. The lowest BCUT2D eigenvalue weighted by Gasteiger charge is -2.31. The highest BCUT2D eigenvalue weighted by molar-refractivity contribution is 5.85. The van der Waals surface area contributed by atoms with Crippen LogP contribution in [-0.2, 0) is 9.47 Å². The Morgan fingerprint density at radius 3 is 2.08 bits per heavy atom. The summed E-state index contributed by atoms with van der Waals surface area (Å²) >= 11 is 0. The zero-order valence-corrected chi connectivity index (χ0v) is 20.5. The fourth-order valence-electron chi connectivity index (χ4n) is 5.19. The minimum atomic E-state index is 0.151. The van der Waals surface area contributed by atoms with Gasteiger partial charge in [-0.25, -0.2) is 15.0 Å². The van der Waals surface area contributed by atoms with Crippen molar-refractivity contribution in [2.75, 3.05) is 67.7 Å². The molecule has 1 saturated carbocycles. The van der Waals surface area contributed by atoms with E-state index >= 15 is 0 Å². The standard InChI is InChI=1S/C26H33N7O3/c1-3-22(4-2-19(1)31-26-29-17-21(18-30-26)33-9-13-35-14-10-33)36-24-16-20(32-7-11-34-12-8-32)15-23-25(24)28-6-5-27-23/h5-6,15-19,22H,1-4,7-14H2,(H,29,30,31)/t19-,22+. The van der Waals surface area contributed by atoms with Crippen molar-refractivity contribution in [2.24, 2.45) is 0 Å². The third-order valence-corrected chi connectivity index (χ3v) is 7.22. The molecule has 10 nitrogen and oxygen atoms in total. The van der Waals surface area contributed by atoms with Crippen molar-refractivity contribution in [1.29, 1.82) is 0 Å². The van der Waals surface area contributed by atoms with E-state index in [2.05, 4.69) is 47.2 Å². The van der Waals surface area contributed by atoms with Crippen molar-refractivity contribution in [2.45, 2.75) is 37.8 Å². The van der Waals surface area contributed by atoms with Gasteiger partial charge < -0.3 is 29.3 Å². The second-order valence-electron chi connectivity index (χ2n) is 9.57. The zero-order valence-electron chi connectivity index (χ0n) is 20.5. The quantitative estimate of drug-likeness (QED) is 0.554. The normalized spacial score (nSPS) is 23.0. The molecule has 4 heterocycles. The van der Waals surface area contributed by atoms with Crippen LogP contribution < -0.4 is 19.9 Å². The Hall–Kier alpha value is -3.24. The molecule has 2 saturated heterocycles. The number of anilines is 3. The van der Waals surface area contributed by atoms with E-state index in [-0.39, 0.29) is 6.10 Å². The van der Waals surface area contributed by atoms with Gasteiger partial charge in [-0.1, -0.05) is 0 Å². The summed E-state index contributed by atoms with van der Waals surface area (Å²) in [6.45, 7) is 6.51. The predicted octanol–water partition coefficient (Wildman–Crippen LogP) is 2.90. The largest absolute Gasteiger partial charge is 0.488 e. The maximum atomic E-state index is 6.55. The molecule has 0 unspecified atom stereocenters. The van der Waals surface area contributed by atoms with E-state index in [1.54, 1.807) is 12.4 Å². The molecular formula is C26H33N7O3. The van der Waals surface area contributed by atoms with Crippen LogP contribution in [0, 0.1) is 0 Å². The summed E-state index contributed by atoms with van der Waals surface area (Å²) in [4.78, 5) is 22.8. The molecule has 0 atom stereocenters. The molecule has 190 valence electrons. The smallest absolute Gasteiger partial charge is 0.222 e. The van der Waals surface area contributed by atoms with Gasteiger partial charge in [0.15, 0.2) is 0 Å².